The zero-order valence-corrected chi connectivity index (χ0v) is 19.6. The first-order valence-corrected chi connectivity index (χ1v) is 12.9. The van der Waals surface area contributed by atoms with Gasteiger partial charge in [0.25, 0.3) is 5.56 Å². The topological polar surface area (TPSA) is 112 Å². The second-order valence-electron chi connectivity index (χ2n) is 7.24. The van der Waals surface area contributed by atoms with E-state index in [9.17, 15) is 18.0 Å². The summed E-state index contributed by atoms with van der Waals surface area (Å²) in [6.45, 7) is 2.98. The van der Waals surface area contributed by atoms with Gasteiger partial charge >= 0.3 is 0 Å². The fourth-order valence-electron chi connectivity index (χ4n) is 3.27. The van der Waals surface area contributed by atoms with E-state index >= 15 is 0 Å². The number of carbonyl (C=O) groups excluding carboxylic acids is 1. The van der Waals surface area contributed by atoms with Crippen molar-refractivity contribution in [1.82, 2.24) is 14.3 Å². The van der Waals surface area contributed by atoms with Gasteiger partial charge in [-0.3, -0.25) is 9.59 Å². The molecule has 2 heterocycles. The molecule has 0 aliphatic carbocycles. The molecule has 1 aromatic carbocycles. The van der Waals surface area contributed by atoms with Crippen LogP contribution in [0.5, 0.6) is 0 Å². The SMILES string of the molecule is CCCc1cc(=O)[nH]c(SCC(=O)Nc2cc(S(=O)(=O)N3CCCCC3)ccc2Cl)n1. The third-order valence-corrected chi connectivity index (χ3v) is 7.88. The summed E-state index contributed by atoms with van der Waals surface area (Å²) in [5, 5.41) is 3.26. The minimum atomic E-state index is -3.64. The number of aromatic amines is 1. The van der Waals surface area contributed by atoms with Crippen LogP contribution in [0.25, 0.3) is 0 Å². The fourth-order valence-corrected chi connectivity index (χ4v) is 5.67. The Labute approximate surface area is 190 Å². The Morgan fingerprint density at radius 3 is 2.71 bits per heavy atom. The number of sulfonamides is 1. The molecule has 1 aliphatic rings. The minimum Gasteiger partial charge on any atom is -0.324 e. The van der Waals surface area contributed by atoms with Crippen LogP contribution in [-0.2, 0) is 21.2 Å². The van der Waals surface area contributed by atoms with E-state index in [2.05, 4.69) is 15.3 Å². The number of aryl methyl sites for hydroxylation is 1. The number of anilines is 1. The van der Waals surface area contributed by atoms with Crippen LogP contribution in [0.15, 0.2) is 39.1 Å². The molecule has 168 valence electrons. The van der Waals surface area contributed by atoms with Gasteiger partial charge in [-0.05, 0) is 37.5 Å². The standard InChI is InChI=1S/C20H25ClN4O4S2/c1-2-6-14-11-18(26)24-20(22-14)30-13-19(27)23-17-12-15(7-8-16(17)21)31(28,29)25-9-4-3-5-10-25/h7-8,11-12H,2-6,9-10,13H2,1H3,(H,23,27)(H,22,24,26). The molecule has 1 aromatic heterocycles. The van der Waals surface area contributed by atoms with Crippen molar-refractivity contribution in [2.75, 3.05) is 24.2 Å². The van der Waals surface area contributed by atoms with Gasteiger partial charge < -0.3 is 10.3 Å². The van der Waals surface area contributed by atoms with E-state index < -0.39 is 10.0 Å². The number of amides is 1. The third kappa shape index (κ3) is 6.31. The number of thioether (sulfide) groups is 1. The van der Waals surface area contributed by atoms with E-state index in [-0.39, 0.29) is 32.8 Å². The lowest BCUT2D eigenvalue weighted by Crippen LogP contribution is -2.35. The first kappa shape index (κ1) is 23.8. The highest BCUT2D eigenvalue weighted by Gasteiger charge is 2.26. The number of H-pyrrole nitrogens is 1. The number of halogens is 1. The van der Waals surface area contributed by atoms with E-state index in [1.807, 2.05) is 6.92 Å². The molecule has 0 atom stereocenters. The Hall–Kier alpha value is -1.88. The molecule has 1 fully saturated rings. The van der Waals surface area contributed by atoms with E-state index in [0.29, 0.717) is 30.4 Å². The average molecular weight is 485 g/mol. The summed E-state index contributed by atoms with van der Waals surface area (Å²) in [6.07, 6.45) is 4.23. The molecule has 1 amide bonds. The maximum Gasteiger partial charge on any atom is 0.251 e. The van der Waals surface area contributed by atoms with Gasteiger partial charge in [-0.25, -0.2) is 13.4 Å². The number of carbonyl (C=O) groups is 1. The van der Waals surface area contributed by atoms with Crippen LogP contribution in [0.2, 0.25) is 5.02 Å². The number of rotatable bonds is 8. The fraction of sp³-hybridized carbons (Fsp3) is 0.450. The summed E-state index contributed by atoms with van der Waals surface area (Å²) in [6, 6.07) is 5.75. The summed E-state index contributed by atoms with van der Waals surface area (Å²) in [4.78, 5) is 31.2. The largest absolute Gasteiger partial charge is 0.324 e. The van der Waals surface area contributed by atoms with Gasteiger partial charge in [0.15, 0.2) is 5.16 Å². The minimum absolute atomic E-state index is 0.0159. The lowest BCUT2D eigenvalue weighted by molar-refractivity contribution is -0.113. The van der Waals surface area contributed by atoms with Crippen molar-refractivity contribution in [3.63, 3.8) is 0 Å². The summed E-state index contributed by atoms with van der Waals surface area (Å²) in [5.41, 5.74) is 0.638. The molecule has 2 N–H and O–H groups in total. The molecule has 2 aromatic rings. The Kier molecular flexibility index (Phi) is 8.15. The third-order valence-electron chi connectivity index (χ3n) is 4.78. The van der Waals surface area contributed by atoms with Crippen molar-refractivity contribution < 1.29 is 13.2 Å². The van der Waals surface area contributed by atoms with Crippen molar-refractivity contribution in [3.8, 4) is 0 Å². The van der Waals surface area contributed by atoms with Crippen molar-refractivity contribution in [2.24, 2.45) is 0 Å². The summed E-state index contributed by atoms with van der Waals surface area (Å²) in [5.74, 6) is -0.402. The molecular weight excluding hydrogens is 460 g/mol. The van der Waals surface area contributed by atoms with Crippen molar-refractivity contribution >= 4 is 45.0 Å². The van der Waals surface area contributed by atoms with E-state index in [1.165, 1.54) is 28.6 Å². The highest BCUT2D eigenvalue weighted by molar-refractivity contribution is 7.99. The first-order valence-electron chi connectivity index (χ1n) is 10.1. The van der Waals surface area contributed by atoms with Crippen LogP contribution in [0.4, 0.5) is 5.69 Å². The predicted octanol–water partition coefficient (Wildman–Crippen LogP) is 3.28. The second-order valence-corrected chi connectivity index (χ2v) is 10.5. The van der Waals surface area contributed by atoms with E-state index in [4.69, 9.17) is 11.6 Å². The number of nitrogens with zero attached hydrogens (tertiary/aromatic N) is 2. The van der Waals surface area contributed by atoms with Crippen LogP contribution in [0.1, 0.15) is 38.3 Å². The van der Waals surface area contributed by atoms with Crippen LogP contribution >= 0.6 is 23.4 Å². The lowest BCUT2D eigenvalue weighted by atomic mass is 10.2. The maximum absolute atomic E-state index is 12.9. The smallest absolute Gasteiger partial charge is 0.251 e. The van der Waals surface area contributed by atoms with Crippen LogP contribution in [0.3, 0.4) is 0 Å². The Morgan fingerprint density at radius 2 is 2.00 bits per heavy atom. The Balaban J connectivity index is 1.69. The molecule has 0 bridgehead atoms. The molecule has 31 heavy (non-hydrogen) atoms. The van der Waals surface area contributed by atoms with Gasteiger partial charge in [-0.15, -0.1) is 0 Å². The molecule has 0 spiro atoms. The van der Waals surface area contributed by atoms with Gasteiger partial charge in [0.1, 0.15) is 0 Å². The van der Waals surface area contributed by atoms with Crippen molar-refractivity contribution in [3.05, 3.63) is 45.3 Å². The number of hydrogen-bond acceptors (Lipinski definition) is 6. The summed E-state index contributed by atoms with van der Waals surface area (Å²) >= 11 is 7.27. The number of benzene rings is 1. The normalized spacial score (nSPS) is 15.0. The summed E-state index contributed by atoms with van der Waals surface area (Å²) in [7, 11) is -3.64. The molecule has 1 saturated heterocycles. The molecular formula is C20H25ClN4O4S2. The number of hydrogen-bond donors (Lipinski definition) is 2. The molecule has 11 heteroatoms. The number of nitrogens with one attached hydrogen (secondary N) is 2. The highest BCUT2D eigenvalue weighted by atomic mass is 35.5. The number of aromatic nitrogens is 2. The highest BCUT2D eigenvalue weighted by Crippen LogP contribution is 2.28. The lowest BCUT2D eigenvalue weighted by Gasteiger charge is -2.26. The van der Waals surface area contributed by atoms with Gasteiger partial charge in [0.2, 0.25) is 15.9 Å². The quantitative estimate of drug-likeness (QED) is 0.439. The van der Waals surface area contributed by atoms with Gasteiger partial charge in [0.05, 0.1) is 21.4 Å². The maximum atomic E-state index is 12.9. The van der Waals surface area contributed by atoms with Crippen molar-refractivity contribution in [2.45, 2.75) is 49.1 Å². The van der Waals surface area contributed by atoms with Crippen LogP contribution in [0, 0.1) is 0 Å². The predicted molar refractivity (Wildman–Crippen MR) is 122 cm³/mol. The monoisotopic (exact) mass is 484 g/mol. The Morgan fingerprint density at radius 1 is 1.26 bits per heavy atom. The molecule has 0 radical (unpaired) electrons. The first-order chi connectivity index (χ1) is 14.8. The number of piperidine rings is 1. The van der Waals surface area contributed by atoms with Gasteiger partial charge in [-0.2, -0.15) is 4.31 Å². The zero-order chi connectivity index (χ0) is 22.4. The molecule has 0 unspecified atom stereocenters. The zero-order valence-electron chi connectivity index (χ0n) is 17.2. The van der Waals surface area contributed by atoms with Gasteiger partial charge in [0, 0.05) is 24.8 Å². The molecule has 8 nitrogen and oxygen atoms in total. The van der Waals surface area contributed by atoms with E-state index in [0.717, 1.165) is 37.4 Å². The van der Waals surface area contributed by atoms with Crippen LogP contribution in [-0.4, -0.2) is 47.4 Å². The molecule has 0 saturated carbocycles. The average Bonchev–Trinajstić information content (AvgIpc) is 2.74. The second kappa shape index (κ2) is 10.6. The summed E-state index contributed by atoms with van der Waals surface area (Å²) < 4.78 is 27.2. The Bertz CT molecular complexity index is 1100. The molecule has 1 aliphatic heterocycles. The van der Waals surface area contributed by atoms with Crippen molar-refractivity contribution in [1.29, 1.82) is 0 Å². The van der Waals surface area contributed by atoms with E-state index in [1.54, 1.807) is 0 Å². The van der Waals surface area contributed by atoms with Gasteiger partial charge in [-0.1, -0.05) is 43.1 Å². The van der Waals surface area contributed by atoms with Crippen LogP contribution < -0.4 is 10.9 Å². The molecule has 3 rings (SSSR count).